The molecular formula is C17H30Cl2N2O. The number of piperazine rings is 1. The van der Waals surface area contributed by atoms with E-state index in [0.717, 1.165) is 31.9 Å². The molecule has 1 aliphatic heterocycles. The summed E-state index contributed by atoms with van der Waals surface area (Å²) in [6.45, 7) is 11.3. The average Bonchev–Trinajstić information content (AvgIpc) is 2.50. The molecule has 0 radical (unpaired) electrons. The minimum Gasteiger partial charge on any atom is -0.497 e. The quantitative estimate of drug-likeness (QED) is 0.874. The maximum absolute atomic E-state index is 5.34. The van der Waals surface area contributed by atoms with Gasteiger partial charge in [0.05, 0.1) is 7.11 Å². The Bertz CT molecular complexity index is 437. The lowest BCUT2D eigenvalue weighted by molar-refractivity contribution is 0.128. The Morgan fingerprint density at radius 1 is 1.23 bits per heavy atom. The zero-order valence-electron chi connectivity index (χ0n) is 14.1. The molecule has 5 heteroatoms. The highest BCUT2D eigenvalue weighted by atomic mass is 35.5. The molecule has 0 aliphatic carbocycles. The highest BCUT2D eigenvalue weighted by Gasteiger charge is 2.27. The largest absolute Gasteiger partial charge is 0.497 e. The van der Waals surface area contributed by atoms with Gasteiger partial charge in [0.15, 0.2) is 0 Å². The second-order valence-electron chi connectivity index (χ2n) is 5.84. The van der Waals surface area contributed by atoms with Crippen LogP contribution in [-0.4, -0.2) is 38.2 Å². The molecule has 1 N–H and O–H groups in total. The van der Waals surface area contributed by atoms with Crippen LogP contribution in [0.5, 0.6) is 5.75 Å². The molecule has 0 saturated carbocycles. The van der Waals surface area contributed by atoms with Crippen molar-refractivity contribution in [3.63, 3.8) is 0 Å². The van der Waals surface area contributed by atoms with E-state index in [1.807, 2.05) is 0 Å². The van der Waals surface area contributed by atoms with E-state index in [-0.39, 0.29) is 24.8 Å². The smallest absolute Gasteiger partial charge is 0.119 e. The third-order valence-corrected chi connectivity index (χ3v) is 4.52. The first-order chi connectivity index (χ1) is 9.67. The van der Waals surface area contributed by atoms with E-state index in [2.05, 4.69) is 49.2 Å². The molecule has 128 valence electrons. The van der Waals surface area contributed by atoms with E-state index in [1.165, 1.54) is 17.5 Å². The molecule has 1 aromatic carbocycles. The first-order valence-corrected chi connectivity index (χ1v) is 7.76. The van der Waals surface area contributed by atoms with E-state index in [4.69, 9.17) is 4.74 Å². The molecule has 1 heterocycles. The second kappa shape index (κ2) is 10.3. The lowest BCUT2D eigenvalue weighted by Gasteiger charge is -2.39. The van der Waals surface area contributed by atoms with E-state index < -0.39 is 0 Å². The monoisotopic (exact) mass is 348 g/mol. The first kappa shape index (κ1) is 21.5. The molecule has 1 aliphatic rings. The number of hydrogen-bond acceptors (Lipinski definition) is 3. The van der Waals surface area contributed by atoms with Crippen molar-refractivity contribution >= 4 is 24.8 Å². The number of benzene rings is 1. The van der Waals surface area contributed by atoms with Crippen molar-refractivity contribution in [2.45, 2.75) is 33.2 Å². The Labute approximate surface area is 147 Å². The van der Waals surface area contributed by atoms with E-state index in [1.54, 1.807) is 7.11 Å². The number of nitrogens with zero attached hydrogens (tertiary/aromatic N) is 1. The van der Waals surface area contributed by atoms with Gasteiger partial charge in [-0.25, -0.2) is 0 Å². The molecular weight excluding hydrogens is 319 g/mol. The maximum Gasteiger partial charge on any atom is 0.119 e. The number of aryl methyl sites for hydroxylation is 1. The molecule has 1 fully saturated rings. The van der Waals surface area contributed by atoms with Gasteiger partial charge in [-0.1, -0.05) is 26.3 Å². The van der Waals surface area contributed by atoms with Gasteiger partial charge in [-0.05, 0) is 36.1 Å². The van der Waals surface area contributed by atoms with Crippen molar-refractivity contribution in [2.75, 3.05) is 33.3 Å². The Kier molecular flexibility index (Phi) is 10.1. The minimum absolute atomic E-state index is 0. The van der Waals surface area contributed by atoms with Gasteiger partial charge >= 0.3 is 0 Å². The maximum atomic E-state index is 5.34. The van der Waals surface area contributed by atoms with Crippen molar-refractivity contribution < 1.29 is 4.74 Å². The van der Waals surface area contributed by atoms with Gasteiger partial charge in [-0.2, -0.15) is 0 Å². The molecule has 1 unspecified atom stereocenters. The molecule has 0 amide bonds. The number of methoxy groups -OCH3 is 1. The van der Waals surface area contributed by atoms with Crippen molar-refractivity contribution in [1.29, 1.82) is 0 Å². The third-order valence-electron chi connectivity index (χ3n) is 4.52. The fraction of sp³-hybridized carbons (Fsp3) is 0.647. The zero-order chi connectivity index (χ0) is 14.5. The van der Waals surface area contributed by atoms with Crippen LogP contribution in [0.25, 0.3) is 0 Å². The molecule has 0 bridgehead atoms. The van der Waals surface area contributed by atoms with Crippen LogP contribution in [0.1, 0.15) is 37.4 Å². The van der Waals surface area contributed by atoms with Crippen LogP contribution >= 0.6 is 24.8 Å². The summed E-state index contributed by atoms with van der Waals surface area (Å²) in [6, 6.07) is 7.04. The Morgan fingerprint density at radius 2 is 1.86 bits per heavy atom. The lowest BCUT2D eigenvalue weighted by atomic mass is 9.88. The third kappa shape index (κ3) is 5.02. The minimum atomic E-state index is 0. The number of hydrogen-bond donors (Lipinski definition) is 1. The van der Waals surface area contributed by atoms with Crippen LogP contribution in [0.3, 0.4) is 0 Å². The second-order valence-corrected chi connectivity index (χ2v) is 5.84. The summed E-state index contributed by atoms with van der Waals surface area (Å²) < 4.78 is 5.34. The lowest BCUT2D eigenvalue weighted by Crippen LogP contribution is -2.46. The van der Waals surface area contributed by atoms with Crippen LogP contribution < -0.4 is 10.1 Å². The Hall–Kier alpha value is -0.480. The van der Waals surface area contributed by atoms with Crippen molar-refractivity contribution in [1.82, 2.24) is 10.2 Å². The summed E-state index contributed by atoms with van der Waals surface area (Å²) in [4.78, 5) is 2.64. The van der Waals surface area contributed by atoms with Crippen LogP contribution in [0.2, 0.25) is 0 Å². The summed E-state index contributed by atoms with van der Waals surface area (Å²) >= 11 is 0. The summed E-state index contributed by atoms with van der Waals surface area (Å²) in [5.74, 6) is 1.62. The number of halogens is 2. The summed E-state index contributed by atoms with van der Waals surface area (Å²) in [7, 11) is 1.73. The van der Waals surface area contributed by atoms with Gasteiger partial charge in [-0.15, -0.1) is 24.8 Å². The molecule has 2 atom stereocenters. The van der Waals surface area contributed by atoms with E-state index in [0.29, 0.717) is 12.0 Å². The van der Waals surface area contributed by atoms with Gasteiger partial charge in [0.1, 0.15) is 5.75 Å². The summed E-state index contributed by atoms with van der Waals surface area (Å²) in [5.41, 5.74) is 2.80. The molecule has 0 spiro atoms. The number of nitrogens with one attached hydrogen (secondary N) is 1. The fourth-order valence-electron chi connectivity index (χ4n) is 3.15. The molecule has 3 nitrogen and oxygen atoms in total. The van der Waals surface area contributed by atoms with Crippen LogP contribution in [-0.2, 0) is 0 Å². The highest BCUT2D eigenvalue weighted by molar-refractivity contribution is 5.85. The van der Waals surface area contributed by atoms with Crippen molar-refractivity contribution in [2.24, 2.45) is 5.92 Å². The van der Waals surface area contributed by atoms with Crippen molar-refractivity contribution in [3.05, 3.63) is 29.3 Å². The van der Waals surface area contributed by atoms with Gasteiger partial charge in [0.2, 0.25) is 0 Å². The normalized spacial score (nSPS) is 17.8. The van der Waals surface area contributed by atoms with E-state index >= 15 is 0 Å². The average molecular weight is 349 g/mol. The predicted molar refractivity (Wildman–Crippen MR) is 98.9 cm³/mol. The first-order valence-electron chi connectivity index (χ1n) is 7.76. The molecule has 2 rings (SSSR count). The molecule has 1 saturated heterocycles. The summed E-state index contributed by atoms with van der Waals surface area (Å²) in [5, 5.41) is 3.45. The SMILES string of the molecule is CCC(C)[C@@H](c1ccc(OC)cc1C)N1CCNCC1.Cl.Cl. The molecule has 22 heavy (non-hydrogen) atoms. The number of rotatable bonds is 5. The fourth-order valence-corrected chi connectivity index (χ4v) is 3.15. The molecule has 0 aromatic heterocycles. The van der Waals surface area contributed by atoms with E-state index in [9.17, 15) is 0 Å². The highest BCUT2D eigenvalue weighted by Crippen LogP contribution is 2.34. The van der Waals surface area contributed by atoms with Gasteiger partial charge in [-0.3, -0.25) is 4.90 Å². The number of ether oxygens (including phenoxy) is 1. The predicted octanol–water partition coefficient (Wildman–Crippen LogP) is 3.84. The zero-order valence-corrected chi connectivity index (χ0v) is 15.7. The molecule has 1 aromatic rings. The van der Waals surface area contributed by atoms with Crippen LogP contribution in [0.15, 0.2) is 18.2 Å². The van der Waals surface area contributed by atoms with Crippen LogP contribution in [0, 0.1) is 12.8 Å². The Morgan fingerprint density at radius 3 is 2.36 bits per heavy atom. The Balaban J connectivity index is 0.00000220. The van der Waals surface area contributed by atoms with Gasteiger partial charge in [0, 0.05) is 32.2 Å². The standard InChI is InChI=1S/C17H28N2O.2ClH/c1-5-13(2)17(19-10-8-18-9-11-19)16-7-6-15(20-4)12-14(16)3;;/h6-7,12-13,17-18H,5,8-11H2,1-4H3;2*1H/t13?,17-;;/m0../s1. The van der Waals surface area contributed by atoms with Crippen LogP contribution in [0.4, 0.5) is 0 Å². The van der Waals surface area contributed by atoms with Gasteiger partial charge in [0.25, 0.3) is 0 Å². The van der Waals surface area contributed by atoms with Crippen molar-refractivity contribution in [3.8, 4) is 5.75 Å². The topological polar surface area (TPSA) is 24.5 Å². The summed E-state index contributed by atoms with van der Waals surface area (Å²) in [6.07, 6.45) is 1.21. The van der Waals surface area contributed by atoms with Gasteiger partial charge < -0.3 is 10.1 Å².